The Balaban J connectivity index is 0.000000840. The van der Waals surface area contributed by atoms with E-state index in [1.165, 1.54) is 36.0 Å². The van der Waals surface area contributed by atoms with Crippen molar-refractivity contribution in [2.45, 2.75) is 60.5 Å². The van der Waals surface area contributed by atoms with Gasteiger partial charge in [-0.3, -0.25) is 0 Å². The van der Waals surface area contributed by atoms with Crippen molar-refractivity contribution < 1.29 is 26.6 Å². The molecule has 3 aliphatic carbocycles. The van der Waals surface area contributed by atoms with E-state index in [1.54, 1.807) is 6.08 Å². The summed E-state index contributed by atoms with van der Waals surface area (Å²) in [7, 11) is 0. The fourth-order valence-corrected chi connectivity index (χ4v) is 4.86. The monoisotopic (exact) mass is 574 g/mol. The summed E-state index contributed by atoms with van der Waals surface area (Å²) >= 11 is 0. The van der Waals surface area contributed by atoms with E-state index in [4.69, 9.17) is 4.74 Å². The van der Waals surface area contributed by atoms with Gasteiger partial charge in [0.15, 0.2) is 0 Å². The summed E-state index contributed by atoms with van der Waals surface area (Å²) in [5.74, 6) is 0.804. The standard InChI is InChI=1S/C32H37O2.C5H5.Fe/c1-24(19-20-30-26(3)14-11-21-32(30,4)5)12-10-13-25(2)22-31(33)34-23-28-17-8-9-18-29(28)27-15-6-7-16-27;1-2-4-5-3-1;/h6-10,12-13,15-20,22H,11,14,21,23H2,1-5H3;1-5H;/q;;+2/b13-10+,20-19+,24-12+,25-22+;;. The second-order valence-corrected chi connectivity index (χ2v) is 10.8. The van der Waals surface area contributed by atoms with E-state index in [-0.39, 0.29) is 35.1 Å². The first-order valence-electron chi connectivity index (χ1n) is 13.8. The van der Waals surface area contributed by atoms with E-state index in [0.717, 1.165) is 22.6 Å². The van der Waals surface area contributed by atoms with Crippen LogP contribution < -0.4 is 0 Å². The Morgan fingerprint density at radius 1 is 0.925 bits per heavy atom. The summed E-state index contributed by atoms with van der Waals surface area (Å²) in [5.41, 5.74) is 7.35. The maximum absolute atomic E-state index is 12.3. The molecule has 3 aliphatic rings. The van der Waals surface area contributed by atoms with Gasteiger partial charge in [-0.05, 0) is 126 Å². The summed E-state index contributed by atoms with van der Waals surface area (Å²) in [6.45, 7) is 11.2. The molecule has 0 unspecified atom stereocenters. The van der Waals surface area contributed by atoms with Gasteiger partial charge in [-0.2, -0.15) is 0 Å². The van der Waals surface area contributed by atoms with Crippen molar-refractivity contribution in [1.82, 2.24) is 0 Å². The molecule has 3 heteroatoms. The van der Waals surface area contributed by atoms with Crippen LogP contribution in [0.15, 0.2) is 83.0 Å². The molecule has 0 aliphatic heterocycles. The number of esters is 1. The molecule has 0 heterocycles. The van der Waals surface area contributed by atoms with Crippen molar-refractivity contribution in [2.75, 3.05) is 0 Å². The van der Waals surface area contributed by atoms with Crippen LogP contribution in [0, 0.1) is 69.1 Å². The number of ether oxygens (including phenoxy) is 1. The van der Waals surface area contributed by atoms with Gasteiger partial charge in [0, 0.05) is 12.0 Å². The van der Waals surface area contributed by atoms with Gasteiger partial charge in [-0.25, -0.2) is 4.79 Å². The van der Waals surface area contributed by atoms with Crippen molar-refractivity contribution in [3.05, 3.63) is 158 Å². The van der Waals surface area contributed by atoms with Crippen molar-refractivity contribution in [3.8, 4) is 0 Å². The molecule has 0 bridgehead atoms. The van der Waals surface area contributed by atoms with Gasteiger partial charge in [0.2, 0.25) is 0 Å². The molecule has 0 N–H and O–H groups in total. The SMILES string of the molecule is CC1=C(/C=C/C(C)=C/C=C/C(C)=C/C(=O)OCc2ccccc2[C]2[CH][CH][CH][CH]2)C(C)(C)CCC1.[CH]1[CH][CH][CH][CH]1.[Fe+2]. The molecule has 40 heavy (non-hydrogen) atoms. The average Bonchev–Trinajstić information content (AvgIpc) is 3.65. The Labute approximate surface area is 255 Å². The second-order valence-electron chi connectivity index (χ2n) is 10.8. The molecule has 1 aromatic rings. The Morgan fingerprint density at radius 2 is 1.57 bits per heavy atom. The molecule has 0 amide bonds. The smallest absolute Gasteiger partial charge is 0.458 e. The normalized spacial score (nSPS) is 20.0. The second kappa shape index (κ2) is 17.7. The fourth-order valence-electron chi connectivity index (χ4n) is 4.86. The van der Waals surface area contributed by atoms with Crippen molar-refractivity contribution in [2.24, 2.45) is 5.41 Å². The summed E-state index contributed by atoms with van der Waals surface area (Å²) in [5, 5.41) is 0. The van der Waals surface area contributed by atoms with Gasteiger partial charge in [0.1, 0.15) is 6.61 Å². The van der Waals surface area contributed by atoms with Crippen LogP contribution in [-0.4, -0.2) is 5.97 Å². The van der Waals surface area contributed by atoms with Gasteiger partial charge >= 0.3 is 23.0 Å². The molecular weight excluding hydrogens is 532 g/mol. The van der Waals surface area contributed by atoms with E-state index in [9.17, 15) is 4.79 Å². The summed E-state index contributed by atoms with van der Waals surface area (Å²) in [6, 6.07) is 8.02. The Hall–Kier alpha value is -2.09. The predicted octanol–water partition coefficient (Wildman–Crippen LogP) is 9.03. The average molecular weight is 575 g/mol. The molecule has 0 saturated heterocycles. The van der Waals surface area contributed by atoms with E-state index >= 15 is 0 Å². The number of carbonyl (C=O) groups excluding carboxylic acids is 1. The Morgan fingerprint density at radius 3 is 2.23 bits per heavy atom. The molecule has 2 fully saturated rings. The van der Waals surface area contributed by atoms with Crippen LogP contribution in [0.3, 0.4) is 0 Å². The van der Waals surface area contributed by atoms with E-state index < -0.39 is 0 Å². The first-order valence-corrected chi connectivity index (χ1v) is 13.8. The topological polar surface area (TPSA) is 26.3 Å². The maximum atomic E-state index is 12.3. The Bertz CT molecular complexity index is 1080. The van der Waals surface area contributed by atoms with Crippen LogP contribution in [-0.2, 0) is 33.2 Å². The molecular formula is C37H42FeO2+2. The number of benzene rings is 1. The molecule has 208 valence electrons. The van der Waals surface area contributed by atoms with Gasteiger partial charge in [-0.15, -0.1) is 0 Å². The molecule has 10 radical (unpaired) electrons. The van der Waals surface area contributed by atoms with Gasteiger partial charge in [0.25, 0.3) is 0 Å². The summed E-state index contributed by atoms with van der Waals surface area (Å²) < 4.78 is 5.52. The summed E-state index contributed by atoms with van der Waals surface area (Å²) in [6.07, 6.45) is 33.9. The number of allylic oxidation sites excluding steroid dienone is 9. The molecule has 2 nitrogen and oxygen atoms in total. The molecule has 0 spiro atoms. The quantitative estimate of drug-likeness (QED) is 0.134. The molecule has 2 saturated carbocycles. The van der Waals surface area contributed by atoms with Crippen molar-refractivity contribution in [1.29, 1.82) is 0 Å². The first kappa shape index (κ1) is 34.1. The fraction of sp³-hybridized carbons (Fsp3) is 0.270. The Kier molecular flexibility index (Phi) is 15.1. The molecule has 4 rings (SSSR count). The number of hydrogen-bond donors (Lipinski definition) is 0. The van der Waals surface area contributed by atoms with Crippen LogP contribution in [0.1, 0.15) is 65.0 Å². The zero-order valence-corrected chi connectivity index (χ0v) is 25.6. The van der Waals surface area contributed by atoms with Crippen LogP contribution in [0.25, 0.3) is 0 Å². The van der Waals surface area contributed by atoms with Gasteiger partial charge < -0.3 is 4.74 Å². The van der Waals surface area contributed by atoms with Crippen LogP contribution in [0.2, 0.25) is 0 Å². The van der Waals surface area contributed by atoms with Crippen LogP contribution in [0.5, 0.6) is 0 Å². The predicted molar refractivity (Wildman–Crippen MR) is 163 cm³/mol. The molecule has 0 atom stereocenters. The third-order valence-corrected chi connectivity index (χ3v) is 7.04. The zero-order valence-electron chi connectivity index (χ0n) is 24.5. The van der Waals surface area contributed by atoms with Gasteiger partial charge in [-0.1, -0.05) is 79.6 Å². The van der Waals surface area contributed by atoms with Gasteiger partial charge in [0.05, 0.1) is 0 Å². The van der Waals surface area contributed by atoms with Crippen molar-refractivity contribution >= 4 is 5.97 Å². The minimum absolute atomic E-state index is 0. The maximum Gasteiger partial charge on any atom is 2.00 e. The van der Waals surface area contributed by atoms with E-state index in [1.807, 2.05) is 82.2 Å². The third kappa shape index (κ3) is 11.4. The van der Waals surface area contributed by atoms with E-state index in [2.05, 4.69) is 64.8 Å². The zero-order chi connectivity index (χ0) is 28.1. The minimum atomic E-state index is -0.331. The largest absolute Gasteiger partial charge is 2.00 e. The number of hydrogen-bond acceptors (Lipinski definition) is 2. The van der Waals surface area contributed by atoms with Crippen molar-refractivity contribution in [3.63, 3.8) is 0 Å². The number of carbonyl (C=O) groups is 1. The van der Waals surface area contributed by atoms with Crippen LogP contribution in [0.4, 0.5) is 0 Å². The number of rotatable bonds is 8. The first-order chi connectivity index (χ1) is 18.8. The molecule has 1 aromatic carbocycles. The minimum Gasteiger partial charge on any atom is -0.458 e. The summed E-state index contributed by atoms with van der Waals surface area (Å²) in [4.78, 5) is 12.3. The van der Waals surface area contributed by atoms with E-state index in [0.29, 0.717) is 0 Å². The van der Waals surface area contributed by atoms with Crippen LogP contribution >= 0.6 is 0 Å². The molecule has 0 aromatic heterocycles. The third-order valence-electron chi connectivity index (χ3n) is 7.04.